The molecule has 1 saturated carbocycles. The molecule has 1 unspecified atom stereocenters. The molecular formula is C19H31NO. The molecule has 0 heterocycles. The van der Waals surface area contributed by atoms with Gasteiger partial charge in [-0.1, -0.05) is 52.2 Å². The summed E-state index contributed by atoms with van der Waals surface area (Å²) >= 11 is 0. The quantitative estimate of drug-likeness (QED) is 0.860. The van der Waals surface area contributed by atoms with Gasteiger partial charge >= 0.3 is 0 Å². The zero-order valence-corrected chi connectivity index (χ0v) is 14.1. The largest absolute Gasteiger partial charge is 0.492 e. The number of nitrogens with one attached hydrogen (secondary N) is 1. The smallest absolute Gasteiger partial charge is 0.119 e. The van der Waals surface area contributed by atoms with E-state index in [4.69, 9.17) is 4.74 Å². The zero-order valence-electron chi connectivity index (χ0n) is 14.1. The molecule has 1 N–H and O–H groups in total. The molecule has 0 aromatic heterocycles. The van der Waals surface area contributed by atoms with Crippen LogP contribution in [0.3, 0.4) is 0 Å². The summed E-state index contributed by atoms with van der Waals surface area (Å²) in [5, 5.41) is 3.46. The maximum absolute atomic E-state index is 6.09. The topological polar surface area (TPSA) is 21.3 Å². The molecule has 118 valence electrons. The van der Waals surface area contributed by atoms with Crippen molar-refractivity contribution in [2.45, 2.75) is 64.3 Å². The molecule has 0 saturated heterocycles. The van der Waals surface area contributed by atoms with Gasteiger partial charge in [0.05, 0.1) is 0 Å². The van der Waals surface area contributed by atoms with E-state index in [0.29, 0.717) is 6.04 Å². The standard InChI is InChI=1S/C19H31NO/c1-19(2,3)16-11-8-12-17(13-16)21-14-18(20-4)15-9-6-5-7-10-15/h8,11-13,15,18,20H,5-7,9-10,14H2,1-4H3. The highest BCUT2D eigenvalue weighted by atomic mass is 16.5. The third-order valence-electron chi connectivity index (χ3n) is 4.72. The summed E-state index contributed by atoms with van der Waals surface area (Å²) in [7, 11) is 2.06. The minimum atomic E-state index is 0.172. The molecule has 1 aliphatic carbocycles. The minimum absolute atomic E-state index is 0.172. The highest BCUT2D eigenvalue weighted by Crippen LogP contribution is 2.28. The van der Waals surface area contributed by atoms with E-state index in [1.165, 1.54) is 37.7 Å². The van der Waals surface area contributed by atoms with E-state index in [1.807, 2.05) is 0 Å². The molecule has 1 aliphatic rings. The minimum Gasteiger partial charge on any atom is -0.492 e. The Morgan fingerprint density at radius 3 is 2.52 bits per heavy atom. The van der Waals surface area contributed by atoms with Crippen molar-refractivity contribution in [2.75, 3.05) is 13.7 Å². The zero-order chi connectivity index (χ0) is 15.3. The van der Waals surface area contributed by atoms with Crippen LogP contribution in [-0.2, 0) is 5.41 Å². The van der Waals surface area contributed by atoms with E-state index in [-0.39, 0.29) is 5.41 Å². The van der Waals surface area contributed by atoms with Crippen LogP contribution in [0, 0.1) is 5.92 Å². The van der Waals surface area contributed by atoms with Crippen LogP contribution in [0.2, 0.25) is 0 Å². The Morgan fingerprint density at radius 1 is 1.19 bits per heavy atom. The molecule has 1 aromatic carbocycles. The monoisotopic (exact) mass is 289 g/mol. The molecule has 2 nitrogen and oxygen atoms in total. The summed E-state index contributed by atoms with van der Waals surface area (Å²) in [6.45, 7) is 7.49. The van der Waals surface area contributed by atoms with E-state index < -0.39 is 0 Å². The lowest BCUT2D eigenvalue weighted by molar-refractivity contribution is 0.192. The first kappa shape index (κ1) is 16.4. The number of hydrogen-bond donors (Lipinski definition) is 1. The third-order valence-corrected chi connectivity index (χ3v) is 4.72. The van der Waals surface area contributed by atoms with Crippen LogP contribution in [-0.4, -0.2) is 19.7 Å². The number of rotatable bonds is 5. The average molecular weight is 289 g/mol. The highest BCUT2D eigenvalue weighted by molar-refractivity contribution is 5.32. The van der Waals surface area contributed by atoms with E-state index >= 15 is 0 Å². The number of hydrogen-bond acceptors (Lipinski definition) is 2. The molecule has 21 heavy (non-hydrogen) atoms. The van der Waals surface area contributed by atoms with Gasteiger partial charge in [0.2, 0.25) is 0 Å². The Bertz CT molecular complexity index is 429. The van der Waals surface area contributed by atoms with Gasteiger partial charge in [-0.05, 0) is 48.9 Å². The van der Waals surface area contributed by atoms with Crippen molar-refractivity contribution >= 4 is 0 Å². The Hall–Kier alpha value is -1.02. The van der Waals surface area contributed by atoms with E-state index in [0.717, 1.165) is 18.3 Å². The summed E-state index contributed by atoms with van der Waals surface area (Å²) < 4.78 is 6.09. The first-order valence-corrected chi connectivity index (χ1v) is 8.41. The van der Waals surface area contributed by atoms with Crippen molar-refractivity contribution < 1.29 is 4.74 Å². The molecule has 2 heteroatoms. The molecule has 0 spiro atoms. The predicted octanol–water partition coefficient (Wildman–Crippen LogP) is 4.53. The van der Waals surface area contributed by atoms with Gasteiger partial charge in [-0.25, -0.2) is 0 Å². The number of likely N-dealkylation sites (N-methyl/N-ethyl adjacent to an activating group) is 1. The SMILES string of the molecule is CNC(COc1cccc(C(C)(C)C)c1)C1CCCCC1. The van der Waals surface area contributed by atoms with Gasteiger partial charge < -0.3 is 10.1 Å². The molecule has 0 radical (unpaired) electrons. The van der Waals surface area contributed by atoms with Crippen LogP contribution < -0.4 is 10.1 Å². The van der Waals surface area contributed by atoms with Gasteiger partial charge in [-0.3, -0.25) is 0 Å². The molecule has 0 bridgehead atoms. The third kappa shape index (κ3) is 4.74. The molecule has 0 aliphatic heterocycles. The maximum Gasteiger partial charge on any atom is 0.119 e. The summed E-state index contributed by atoms with van der Waals surface area (Å²) in [5.74, 6) is 1.77. The van der Waals surface area contributed by atoms with Gasteiger partial charge in [0.25, 0.3) is 0 Å². The average Bonchev–Trinajstić information content (AvgIpc) is 2.48. The van der Waals surface area contributed by atoms with E-state index in [9.17, 15) is 0 Å². The number of ether oxygens (including phenoxy) is 1. The second-order valence-electron chi connectivity index (χ2n) is 7.38. The van der Waals surface area contributed by atoms with Crippen LogP contribution in [0.5, 0.6) is 5.75 Å². The van der Waals surface area contributed by atoms with Crippen molar-refractivity contribution in [3.8, 4) is 5.75 Å². The lowest BCUT2D eigenvalue weighted by Gasteiger charge is -2.30. The van der Waals surface area contributed by atoms with Crippen molar-refractivity contribution in [3.63, 3.8) is 0 Å². The van der Waals surface area contributed by atoms with Crippen LogP contribution >= 0.6 is 0 Å². The second-order valence-corrected chi connectivity index (χ2v) is 7.38. The molecule has 2 rings (SSSR count). The fourth-order valence-corrected chi connectivity index (χ4v) is 3.23. The predicted molar refractivity (Wildman–Crippen MR) is 90.1 cm³/mol. The summed E-state index contributed by atoms with van der Waals surface area (Å²) in [6, 6.07) is 9.02. The normalized spacial score (nSPS) is 18.5. The Kier molecular flexibility index (Phi) is 5.69. The second kappa shape index (κ2) is 7.31. The van der Waals surface area contributed by atoms with Gasteiger partial charge in [-0.15, -0.1) is 0 Å². The van der Waals surface area contributed by atoms with Gasteiger partial charge in [0, 0.05) is 6.04 Å². The molecule has 1 atom stereocenters. The Balaban J connectivity index is 1.94. The molecule has 1 fully saturated rings. The molecular weight excluding hydrogens is 258 g/mol. The Morgan fingerprint density at radius 2 is 1.90 bits per heavy atom. The van der Waals surface area contributed by atoms with Crippen molar-refractivity contribution in [3.05, 3.63) is 29.8 Å². The van der Waals surface area contributed by atoms with Crippen LogP contribution in [0.25, 0.3) is 0 Å². The van der Waals surface area contributed by atoms with Crippen LogP contribution in [0.1, 0.15) is 58.4 Å². The van der Waals surface area contributed by atoms with Crippen molar-refractivity contribution in [2.24, 2.45) is 5.92 Å². The lowest BCUT2D eigenvalue weighted by atomic mass is 9.84. The Labute approximate surface area is 130 Å². The molecule has 1 aromatic rings. The van der Waals surface area contributed by atoms with E-state index in [1.54, 1.807) is 0 Å². The van der Waals surface area contributed by atoms with Gasteiger partial charge in [-0.2, -0.15) is 0 Å². The fraction of sp³-hybridized carbons (Fsp3) is 0.684. The first-order valence-electron chi connectivity index (χ1n) is 8.41. The van der Waals surface area contributed by atoms with Crippen molar-refractivity contribution in [1.29, 1.82) is 0 Å². The van der Waals surface area contributed by atoms with E-state index in [2.05, 4.69) is 57.4 Å². The lowest BCUT2D eigenvalue weighted by Crippen LogP contribution is -2.39. The summed E-state index contributed by atoms with van der Waals surface area (Å²) in [6.07, 6.45) is 6.85. The number of benzene rings is 1. The maximum atomic E-state index is 6.09. The molecule has 0 amide bonds. The van der Waals surface area contributed by atoms with Gasteiger partial charge in [0.1, 0.15) is 12.4 Å². The summed E-state index contributed by atoms with van der Waals surface area (Å²) in [4.78, 5) is 0. The van der Waals surface area contributed by atoms with Crippen LogP contribution in [0.15, 0.2) is 24.3 Å². The van der Waals surface area contributed by atoms with Gasteiger partial charge in [0.15, 0.2) is 0 Å². The first-order chi connectivity index (χ1) is 10.0. The fourth-order valence-electron chi connectivity index (χ4n) is 3.23. The van der Waals surface area contributed by atoms with Crippen LogP contribution in [0.4, 0.5) is 0 Å². The summed E-state index contributed by atoms with van der Waals surface area (Å²) in [5.41, 5.74) is 1.50. The van der Waals surface area contributed by atoms with Crippen molar-refractivity contribution in [1.82, 2.24) is 5.32 Å². The highest BCUT2D eigenvalue weighted by Gasteiger charge is 2.23.